The van der Waals surface area contributed by atoms with E-state index in [1.165, 1.54) is 6.42 Å². The van der Waals surface area contributed by atoms with Gasteiger partial charge in [-0.25, -0.2) is 0 Å². The van der Waals surface area contributed by atoms with Crippen molar-refractivity contribution in [2.24, 2.45) is 0 Å². The zero-order valence-electron chi connectivity index (χ0n) is 20.5. The Balaban J connectivity index is 1.23. The molecule has 1 aliphatic carbocycles. The van der Waals surface area contributed by atoms with Crippen molar-refractivity contribution in [3.8, 4) is 5.75 Å². The Hall–Kier alpha value is -2.38. The predicted molar refractivity (Wildman–Crippen MR) is 130 cm³/mol. The molecule has 7 nitrogen and oxygen atoms in total. The van der Waals surface area contributed by atoms with Gasteiger partial charge in [-0.1, -0.05) is 6.58 Å². The number of amides is 2. The molecule has 184 valence electrons. The SMILES string of the molecule is C=C1CCC(N2Cc3cc(O[C@H]4CCC[C@@H]4N4CCC(C)(OCC)CC4)ccc3C2=O)C(=O)N1. The molecule has 0 bridgehead atoms. The standard InChI is InChI=1S/C27H37N3O4/c1-4-33-27(3)12-14-29(15-13-27)22-6-5-7-24(22)34-20-9-10-21-19(16-20)17-30(26(21)32)23-11-8-18(2)28-25(23)31/h9-10,16,22-24H,2,4-8,11-15,17H2,1,3H3,(H,28,31)/t22-,23?,24-/m0/s1. The Morgan fingerprint density at radius 2 is 1.97 bits per heavy atom. The number of hydrogen-bond donors (Lipinski definition) is 1. The number of benzene rings is 1. The number of nitrogens with one attached hydrogen (secondary N) is 1. The van der Waals surface area contributed by atoms with E-state index < -0.39 is 6.04 Å². The molecule has 5 rings (SSSR count). The molecule has 3 fully saturated rings. The Morgan fingerprint density at radius 3 is 2.71 bits per heavy atom. The number of rotatable bonds is 6. The second-order valence-electron chi connectivity index (χ2n) is 10.5. The fraction of sp³-hybridized carbons (Fsp3) is 0.630. The summed E-state index contributed by atoms with van der Waals surface area (Å²) in [5.74, 6) is 0.617. The zero-order valence-corrected chi connectivity index (χ0v) is 20.5. The van der Waals surface area contributed by atoms with Crippen LogP contribution in [0.5, 0.6) is 5.75 Å². The molecule has 1 aromatic carbocycles. The van der Waals surface area contributed by atoms with Gasteiger partial charge in [0.1, 0.15) is 17.9 Å². The first kappa shape index (κ1) is 23.4. The van der Waals surface area contributed by atoms with Crippen LogP contribution in [-0.4, -0.2) is 65.1 Å². The highest BCUT2D eigenvalue weighted by molar-refractivity contribution is 6.01. The molecule has 34 heavy (non-hydrogen) atoms. The Morgan fingerprint density at radius 1 is 1.18 bits per heavy atom. The minimum absolute atomic E-state index is 0.00107. The van der Waals surface area contributed by atoms with Gasteiger partial charge in [-0.3, -0.25) is 14.5 Å². The largest absolute Gasteiger partial charge is 0.489 e. The highest BCUT2D eigenvalue weighted by Crippen LogP contribution is 2.35. The summed E-state index contributed by atoms with van der Waals surface area (Å²) in [7, 11) is 0. The van der Waals surface area contributed by atoms with Gasteiger partial charge in [-0.05, 0) is 82.6 Å². The second-order valence-corrected chi connectivity index (χ2v) is 10.5. The molecule has 3 atom stereocenters. The third-order valence-corrected chi connectivity index (χ3v) is 8.13. The fourth-order valence-corrected chi connectivity index (χ4v) is 6.16. The number of ether oxygens (including phenoxy) is 2. The van der Waals surface area contributed by atoms with Crippen LogP contribution < -0.4 is 10.1 Å². The summed E-state index contributed by atoms with van der Waals surface area (Å²) < 4.78 is 12.5. The van der Waals surface area contributed by atoms with E-state index in [1.807, 2.05) is 18.2 Å². The summed E-state index contributed by atoms with van der Waals surface area (Å²) in [5, 5.41) is 2.80. The van der Waals surface area contributed by atoms with Gasteiger partial charge in [0, 0.05) is 43.5 Å². The van der Waals surface area contributed by atoms with Crippen molar-refractivity contribution in [3.05, 3.63) is 41.6 Å². The van der Waals surface area contributed by atoms with Crippen LogP contribution in [0.15, 0.2) is 30.5 Å². The number of piperidine rings is 2. The molecule has 2 amide bonds. The Labute approximate surface area is 202 Å². The average molecular weight is 468 g/mol. The van der Waals surface area contributed by atoms with Crippen LogP contribution in [0.1, 0.15) is 74.7 Å². The van der Waals surface area contributed by atoms with Crippen molar-refractivity contribution < 1.29 is 19.1 Å². The first-order valence-electron chi connectivity index (χ1n) is 12.8. The molecular weight excluding hydrogens is 430 g/mol. The molecule has 3 heterocycles. The molecule has 3 aliphatic heterocycles. The molecule has 0 spiro atoms. The summed E-state index contributed by atoms with van der Waals surface area (Å²) >= 11 is 0. The normalized spacial score (nSPS) is 29.3. The van der Waals surface area contributed by atoms with E-state index in [1.54, 1.807) is 4.90 Å². The van der Waals surface area contributed by atoms with E-state index in [-0.39, 0.29) is 23.5 Å². The van der Waals surface area contributed by atoms with Gasteiger partial charge in [0.2, 0.25) is 5.91 Å². The lowest BCUT2D eigenvalue weighted by molar-refractivity contribution is -0.126. The van der Waals surface area contributed by atoms with Crippen molar-refractivity contribution >= 4 is 11.8 Å². The van der Waals surface area contributed by atoms with E-state index in [4.69, 9.17) is 9.47 Å². The maximum Gasteiger partial charge on any atom is 0.255 e. The predicted octanol–water partition coefficient (Wildman–Crippen LogP) is 3.63. The van der Waals surface area contributed by atoms with Gasteiger partial charge in [0.05, 0.1) is 5.60 Å². The van der Waals surface area contributed by atoms with Crippen molar-refractivity contribution in [1.29, 1.82) is 0 Å². The van der Waals surface area contributed by atoms with E-state index in [0.717, 1.165) is 62.4 Å². The number of carbonyl (C=O) groups is 2. The summed E-state index contributed by atoms with van der Waals surface area (Å²) in [6.45, 7) is 11.5. The van der Waals surface area contributed by atoms with Gasteiger partial charge in [-0.15, -0.1) is 0 Å². The lowest BCUT2D eigenvalue weighted by Gasteiger charge is -2.42. The van der Waals surface area contributed by atoms with E-state index in [2.05, 4.69) is 30.6 Å². The maximum absolute atomic E-state index is 13.0. The summed E-state index contributed by atoms with van der Waals surface area (Å²) in [5.41, 5.74) is 2.35. The third-order valence-electron chi connectivity index (χ3n) is 8.13. The van der Waals surface area contributed by atoms with Crippen LogP contribution in [0.25, 0.3) is 0 Å². The highest BCUT2D eigenvalue weighted by Gasteiger charge is 2.40. The highest BCUT2D eigenvalue weighted by atomic mass is 16.5. The molecule has 2 saturated heterocycles. The topological polar surface area (TPSA) is 71.1 Å². The quantitative estimate of drug-likeness (QED) is 0.692. The molecular formula is C27H37N3O4. The average Bonchev–Trinajstić information content (AvgIpc) is 3.39. The summed E-state index contributed by atoms with van der Waals surface area (Å²) in [4.78, 5) is 29.7. The molecule has 0 radical (unpaired) electrons. The van der Waals surface area contributed by atoms with Gasteiger partial charge in [0.15, 0.2) is 0 Å². The molecule has 4 aliphatic rings. The smallest absolute Gasteiger partial charge is 0.255 e. The molecule has 7 heteroatoms. The summed E-state index contributed by atoms with van der Waals surface area (Å²) in [6, 6.07) is 5.78. The van der Waals surface area contributed by atoms with Crippen LogP contribution in [0.3, 0.4) is 0 Å². The molecule has 1 unspecified atom stereocenters. The monoisotopic (exact) mass is 467 g/mol. The fourth-order valence-electron chi connectivity index (χ4n) is 6.16. The van der Waals surface area contributed by atoms with Crippen LogP contribution in [0.2, 0.25) is 0 Å². The van der Waals surface area contributed by atoms with Crippen molar-refractivity contribution in [1.82, 2.24) is 15.1 Å². The van der Waals surface area contributed by atoms with Crippen LogP contribution >= 0.6 is 0 Å². The minimum Gasteiger partial charge on any atom is -0.489 e. The lowest BCUT2D eigenvalue weighted by atomic mass is 9.92. The van der Waals surface area contributed by atoms with Gasteiger partial charge < -0.3 is 19.7 Å². The first-order valence-corrected chi connectivity index (χ1v) is 12.8. The zero-order chi connectivity index (χ0) is 23.9. The number of fused-ring (bicyclic) bond motifs is 1. The van der Waals surface area contributed by atoms with E-state index in [9.17, 15) is 9.59 Å². The maximum atomic E-state index is 13.0. The number of likely N-dealkylation sites (tertiary alicyclic amines) is 1. The minimum atomic E-state index is -0.435. The van der Waals surface area contributed by atoms with Gasteiger partial charge >= 0.3 is 0 Å². The Kier molecular flexibility index (Phi) is 6.42. The molecule has 0 aromatic heterocycles. The van der Waals surface area contributed by atoms with Gasteiger partial charge in [-0.2, -0.15) is 0 Å². The van der Waals surface area contributed by atoms with Crippen LogP contribution in [-0.2, 0) is 16.1 Å². The first-order chi connectivity index (χ1) is 16.4. The van der Waals surface area contributed by atoms with Gasteiger partial charge in [0.25, 0.3) is 5.91 Å². The molecule has 1 aromatic rings. The van der Waals surface area contributed by atoms with Crippen molar-refractivity contribution in [2.45, 2.75) is 89.1 Å². The number of carbonyl (C=O) groups excluding carboxylic acids is 2. The van der Waals surface area contributed by atoms with E-state index in [0.29, 0.717) is 31.0 Å². The molecule has 1 N–H and O–H groups in total. The lowest BCUT2D eigenvalue weighted by Crippen LogP contribution is -2.51. The second kappa shape index (κ2) is 9.34. The van der Waals surface area contributed by atoms with Crippen LogP contribution in [0, 0.1) is 0 Å². The Bertz CT molecular complexity index is 969. The van der Waals surface area contributed by atoms with Crippen molar-refractivity contribution in [2.75, 3.05) is 19.7 Å². The third kappa shape index (κ3) is 4.48. The number of hydrogen-bond acceptors (Lipinski definition) is 5. The number of allylic oxidation sites excluding steroid dienone is 1. The van der Waals surface area contributed by atoms with Crippen molar-refractivity contribution in [3.63, 3.8) is 0 Å². The molecule has 1 saturated carbocycles. The number of nitrogens with zero attached hydrogens (tertiary/aromatic N) is 2. The summed E-state index contributed by atoms with van der Waals surface area (Å²) in [6.07, 6.45) is 7.00. The van der Waals surface area contributed by atoms with E-state index >= 15 is 0 Å². The van der Waals surface area contributed by atoms with Crippen LogP contribution in [0.4, 0.5) is 0 Å².